The molecular formula is C29H40N2O8S. The van der Waals surface area contributed by atoms with Crippen LogP contribution in [0.1, 0.15) is 50.0 Å². The molecule has 2 fully saturated rings. The maximum absolute atomic E-state index is 13.5. The number of allylic oxidation sites excluding steroid dienone is 3. The fourth-order valence-corrected chi connectivity index (χ4v) is 7.20. The number of rotatable bonds is 13. The smallest absolute Gasteiger partial charge is 0.265 e. The van der Waals surface area contributed by atoms with Crippen molar-refractivity contribution >= 4 is 21.7 Å². The average Bonchev–Trinajstić information content (AvgIpc) is 2.98. The Morgan fingerprint density at radius 2 is 1.95 bits per heavy atom. The van der Waals surface area contributed by atoms with Crippen LogP contribution in [-0.2, 0) is 28.9 Å². The highest BCUT2D eigenvalue weighted by atomic mass is 32.2. The van der Waals surface area contributed by atoms with E-state index in [2.05, 4.69) is 6.58 Å². The third kappa shape index (κ3) is 7.67. The van der Waals surface area contributed by atoms with Crippen LogP contribution in [-0.4, -0.2) is 85.8 Å². The Labute approximate surface area is 236 Å². The SMILES string of the molecule is C=CC/C=C(\C=C/COCCCC(=O)N1CCC(c2ccccc2)[C@H](O)C1)S(=O)(=O)C1(C(=O)NO)CCOCC1. The van der Waals surface area contributed by atoms with Crippen molar-refractivity contribution in [2.45, 2.75) is 55.3 Å². The number of nitrogens with zero attached hydrogens (tertiary/aromatic N) is 1. The molecule has 2 aliphatic rings. The normalized spacial score (nSPS) is 21.8. The van der Waals surface area contributed by atoms with Gasteiger partial charge in [0.25, 0.3) is 5.91 Å². The fraction of sp³-hybridized carbons (Fsp3) is 0.517. The number of carbonyl (C=O) groups excluding carboxylic acids is 2. The molecule has 0 aliphatic carbocycles. The predicted octanol–water partition coefficient (Wildman–Crippen LogP) is 2.65. The first-order chi connectivity index (χ1) is 19.3. The Morgan fingerprint density at radius 3 is 2.60 bits per heavy atom. The van der Waals surface area contributed by atoms with E-state index in [4.69, 9.17) is 9.47 Å². The van der Waals surface area contributed by atoms with Gasteiger partial charge in [-0.15, -0.1) is 6.58 Å². The van der Waals surface area contributed by atoms with Gasteiger partial charge >= 0.3 is 0 Å². The fourth-order valence-electron chi connectivity index (χ4n) is 5.16. The van der Waals surface area contributed by atoms with Gasteiger partial charge in [0.1, 0.15) is 0 Å². The summed E-state index contributed by atoms with van der Waals surface area (Å²) in [6.07, 6.45) is 6.93. The topological polar surface area (TPSA) is 142 Å². The van der Waals surface area contributed by atoms with Gasteiger partial charge in [-0.1, -0.05) is 48.6 Å². The number of carbonyl (C=O) groups is 2. The minimum Gasteiger partial charge on any atom is -0.391 e. The molecule has 0 saturated carbocycles. The molecule has 0 spiro atoms. The molecule has 2 amide bonds. The Balaban J connectivity index is 1.48. The van der Waals surface area contributed by atoms with E-state index >= 15 is 0 Å². The number of likely N-dealkylation sites (tertiary alicyclic amines) is 1. The van der Waals surface area contributed by atoms with E-state index in [0.717, 1.165) is 5.56 Å². The minimum absolute atomic E-state index is 0.0222. The Kier molecular flexibility index (Phi) is 12.1. The molecular weight excluding hydrogens is 536 g/mol. The molecule has 1 aromatic carbocycles. The maximum Gasteiger partial charge on any atom is 0.265 e. The number of amides is 2. The first kappa shape index (κ1) is 31.7. The zero-order chi connectivity index (χ0) is 29.0. The highest BCUT2D eigenvalue weighted by Gasteiger charge is 2.52. The molecule has 0 aromatic heterocycles. The summed E-state index contributed by atoms with van der Waals surface area (Å²) in [5.74, 6) is -0.991. The molecule has 0 bridgehead atoms. The van der Waals surface area contributed by atoms with Gasteiger partial charge in [0.15, 0.2) is 14.6 Å². The van der Waals surface area contributed by atoms with Gasteiger partial charge in [-0.05, 0) is 43.7 Å². The van der Waals surface area contributed by atoms with Gasteiger partial charge in [0, 0.05) is 45.2 Å². The minimum atomic E-state index is -4.17. The number of hydroxylamine groups is 1. The zero-order valence-electron chi connectivity index (χ0n) is 22.7. The second-order valence-electron chi connectivity index (χ2n) is 9.98. The number of aliphatic hydroxyl groups is 1. The highest BCUT2D eigenvalue weighted by molar-refractivity contribution is 7.97. The molecule has 2 atom stereocenters. The molecule has 2 aliphatic heterocycles. The van der Waals surface area contributed by atoms with Crippen LogP contribution >= 0.6 is 0 Å². The maximum atomic E-state index is 13.5. The lowest BCUT2D eigenvalue weighted by Gasteiger charge is -2.36. The molecule has 40 heavy (non-hydrogen) atoms. The molecule has 10 nitrogen and oxygen atoms in total. The van der Waals surface area contributed by atoms with E-state index in [1.165, 1.54) is 17.6 Å². The first-order valence-electron chi connectivity index (χ1n) is 13.6. The summed E-state index contributed by atoms with van der Waals surface area (Å²) in [5, 5.41) is 19.8. The van der Waals surface area contributed by atoms with Crippen LogP contribution in [0.4, 0.5) is 0 Å². The van der Waals surface area contributed by atoms with Crippen molar-refractivity contribution < 1.29 is 37.8 Å². The van der Waals surface area contributed by atoms with Crippen LogP contribution in [0.25, 0.3) is 0 Å². The van der Waals surface area contributed by atoms with Crippen molar-refractivity contribution in [3.63, 3.8) is 0 Å². The van der Waals surface area contributed by atoms with Crippen molar-refractivity contribution in [3.8, 4) is 0 Å². The van der Waals surface area contributed by atoms with Crippen molar-refractivity contribution in [1.29, 1.82) is 0 Å². The lowest BCUT2D eigenvalue weighted by Crippen LogP contribution is -2.55. The van der Waals surface area contributed by atoms with Crippen molar-refractivity contribution in [3.05, 3.63) is 71.7 Å². The van der Waals surface area contributed by atoms with Crippen LogP contribution in [0.15, 0.2) is 66.1 Å². The van der Waals surface area contributed by atoms with E-state index in [1.54, 1.807) is 17.1 Å². The van der Waals surface area contributed by atoms with E-state index < -0.39 is 26.6 Å². The van der Waals surface area contributed by atoms with E-state index in [-0.39, 0.29) is 62.2 Å². The van der Waals surface area contributed by atoms with Gasteiger partial charge in [0.05, 0.1) is 17.6 Å². The summed E-state index contributed by atoms with van der Waals surface area (Å²) >= 11 is 0. The number of hydrogen-bond donors (Lipinski definition) is 3. The van der Waals surface area contributed by atoms with Gasteiger partial charge in [-0.3, -0.25) is 14.8 Å². The zero-order valence-corrected chi connectivity index (χ0v) is 23.6. The van der Waals surface area contributed by atoms with Crippen molar-refractivity contribution in [2.24, 2.45) is 0 Å². The quantitative estimate of drug-likeness (QED) is 0.107. The Morgan fingerprint density at radius 1 is 1.23 bits per heavy atom. The summed E-state index contributed by atoms with van der Waals surface area (Å²) in [6, 6.07) is 9.84. The second kappa shape index (κ2) is 15.2. The van der Waals surface area contributed by atoms with Crippen LogP contribution in [0, 0.1) is 0 Å². The van der Waals surface area contributed by atoms with E-state index in [0.29, 0.717) is 32.5 Å². The largest absolute Gasteiger partial charge is 0.391 e. The molecule has 1 aromatic rings. The lowest BCUT2D eigenvalue weighted by molar-refractivity contribution is -0.135. The summed E-state index contributed by atoms with van der Waals surface area (Å²) in [5.41, 5.74) is 2.59. The molecule has 0 radical (unpaired) electrons. The Hall–Kier alpha value is -2.83. The number of ether oxygens (including phenoxy) is 2. The standard InChI is InChI=1S/C29H40N2O8S/c1-2-3-11-24(40(36,37)29(28(34)30-35)15-20-39-21-16-29)12-7-18-38-19-8-13-27(33)31-17-14-25(26(32)22-31)23-9-5-4-6-10-23/h2,4-7,9-12,25-26,32,35H,1,3,8,13-22H2,(H,30,34)/b12-7-,24-11+/t25?,26-/m1/s1. The Bertz CT molecular complexity index is 1160. The van der Waals surface area contributed by atoms with Crippen LogP contribution in [0.2, 0.25) is 0 Å². The van der Waals surface area contributed by atoms with Gasteiger partial charge in [-0.2, -0.15) is 0 Å². The van der Waals surface area contributed by atoms with Crippen molar-refractivity contribution in [2.75, 3.05) is 39.5 Å². The first-order valence-corrected chi connectivity index (χ1v) is 15.1. The third-order valence-electron chi connectivity index (χ3n) is 7.46. The van der Waals surface area contributed by atoms with Gasteiger partial charge in [-0.25, -0.2) is 13.9 Å². The number of piperidine rings is 1. The average molecular weight is 577 g/mol. The van der Waals surface area contributed by atoms with Crippen LogP contribution in [0.3, 0.4) is 0 Å². The number of hydrogen-bond acceptors (Lipinski definition) is 8. The van der Waals surface area contributed by atoms with Crippen LogP contribution < -0.4 is 5.48 Å². The molecule has 220 valence electrons. The highest BCUT2D eigenvalue weighted by Crippen LogP contribution is 2.35. The number of nitrogens with one attached hydrogen (secondary N) is 1. The summed E-state index contributed by atoms with van der Waals surface area (Å²) in [7, 11) is -4.17. The number of β-amino-alcohol motifs (C(OH)–C–C–N with tert-alkyl or cyclic N) is 1. The molecule has 1 unspecified atom stereocenters. The number of sulfone groups is 1. The molecule has 3 rings (SSSR count). The summed E-state index contributed by atoms with van der Waals surface area (Å²) < 4.78 is 36.1. The molecule has 2 saturated heterocycles. The monoisotopic (exact) mass is 576 g/mol. The molecule has 3 N–H and O–H groups in total. The number of benzene rings is 1. The van der Waals surface area contributed by atoms with Crippen LogP contribution in [0.5, 0.6) is 0 Å². The molecule has 2 heterocycles. The summed E-state index contributed by atoms with van der Waals surface area (Å²) in [6.45, 7) is 5.09. The summed E-state index contributed by atoms with van der Waals surface area (Å²) in [4.78, 5) is 26.8. The van der Waals surface area contributed by atoms with Gasteiger partial charge in [0.2, 0.25) is 5.91 Å². The number of aliphatic hydroxyl groups excluding tert-OH is 1. The van der Waals surface area contributed by atoms with E-state index in [1.807, 2.05) is 30.3 Å². The third-order valence-corrected chi connectivity index (χ3v) is 10.0. The lowest BCUT2D eigenvalue weighted by atomic mass is 9.87. The second-order valence-corrected chi connectivity index (χ2v) is 12.2. The molecule has 11 heteroatoms. The van der Waals surface area contributed by atoms with Crippen molar-refractivity contribution in [1.82, 2.24) is 10.4 Å². The van der Waals surface area contributed by atoms with Gasteiger partial charge < -0.3 is 19.5 Å². The van der Waals surface area contributed by atoms with E-state index in [9.17, 15) is 28.3 Å². The predicted molar refractivity (Wildman–Crippen MR) is 150 cm³/mol.